The lowest BCUT2D eigenvalue weighted by Gasteiger charge is -2.16. The highest BCUT2D eigenvalue weighted by atomic mass is 35.5. The molecule has 3 N–H and O–H groups in total. The highest BCUT2D eigenvalue weighted by molar-refractivity contribution is 6.30. The number of ether oxygens (including phenoxy) is 1. The van der Waals surface area contributed by atoms with E-state index in [4.69, 9.17) is 22.2 Å². The second-order valence-electron chi connectivity index (χ2n) is 4.33. The van der Waals surface area contributed by atoms with Crippen molar-refractivity contribution < 1.29 is 4.74 Å². The molecule has 1 aromatic carbocycles. The lowest BCUT2D eigenvalue weighted by molar-refractivity contribution is 0.405. The van der Waals surface area contributed by atoms with Crippen LogP contribution in [0.25, 0.3) is 0 Å². The summed E-state index contributed by atoms with van der Waals surface area (Å²) in [6.45, 7) is 0. The minimum absolute atomic E-state index is 0.0407. The lowest BCUT2D eigenvalue weighted by atomic mass is 10.0. The molecule has 2 rings (SSSR count). The normalized spacial score (nSPS) is 12.4. The molecule has 0 saturated heterocycles. The van der Waals surface area contributed by atoms with Gasteiger partial charge in [0, 0.05) is 23.8 Å². The van der Waals surface area contributed by atoms with Crippen molar-refractivity contribution in [2.75, 3.05) is 7.11 Å². The zero-order chi connectivity index (χ0) is 13.8. The van der Waals surface area contributed by atoms with Gasteiger partial charge in [0.15, 0.2) is 0 Å². The van der Waals surface area contributed by atoms with E-state index < -0.39 is 0 Å². The minimum Gasteiger partial charge on any atom is -0.496 e. The predicted octanol–water partition coefficient (Wildman–Crippen LogP) is 1.83. The number of hydrazine groups is 1. The molecular formula is C13H17ClN4O. The number of aromatic nitrogens is 2. The summed E-state index contributed by atoms with van der Waals surface area (Å²) in [6, 6.07) is 5.51. The fourth-order valence-corrected chi connectivity index (χ4v) is 2.21. The van der Waals surface area contributed by atoms with Gasteiger partial charge < -0.3 is 4.74 Å². The van der Waals surface area contributed by atoms with Crippen molar-refractivity contribution in [3.8, 4) is 5.75 Å². The second kappa shape index (κ2) is 6.06. The second-order valence-corrected chi connectivity index (χ2v) is 4.76. The molecule has 2 aromatic rings. The van der Waals surface area contributed by atoms with Gasteiger partial charge in [-0.2, -0.15) is 5.10 Å². The smallest absolute Gasteiger partial charge is 0.122 e. The van der Waals surface area contributed by atoms with Crippen molar-refractivity contribution in [2.24, 2.45) is 12.9 Å². The van der Waals surface area contributed by atoms with Crippen LogP contribution in [-0.4, -0.2) is 16.9 Å². The molecular weight excluding hydrogens is 264 g/mol. The molecule has 1 heterocycles. The van der Waals surface area contributed by atoms with E-state index in [1.165, 1.54) is 0 Å². The number of benzene rings is 1. The van der Waals surface area contributed by atoms with Crippen molar-refractivity contribution in [1.29, 1.82) is 0 Å². The van der Waals surface area contributed by atoms with Crippen molar-refractivity contribution in [2.45, 2.75) is 12.5 Å². The van der Waals surface area contributed by atoms with Crippen molar-refractivity contribution >= 4 is 11.6 Å². The van der Waals surface area contributed by atoms with E-state index in [-0.39, 0.29) is 6.04 Å². The van der Waals surface area contributed by atoms with Crippen LogP contribution in [0.1, 0.15) is 17.2 Å². The van der Waals surface area contributed by atoms with Gasteiger partial charge in [0.05, 0.1) is 19.3 Å². The first-order valence-electron chi connectivity index (χ1n) is 5.91. The van der Waals surface area contributed by atoms with Crippen LogP contribution in [-0.2, 0) is 13.5 Å². The number of rotatable bonds is 5. The van der Waals surface area contributed by atoms with Crippen LogP contribution in [0, 0.1) is 0 Å². The summed E-state index contributed by atoms with van der Waals surface area (Å²) in [7, 11) is 3.51. The summed E-state index contributed by atoms with van der Waals surface area (Å²) in [6.07, 6.45) is 4.40. The first kappa shape index (κ1) is 13.9. The van der Waals surface area contributed by atoms with E-state index in [9.17, 15) is 0 Å². The number of nitrogens with zero attached hydrogens (tertiary/aromatic N) is 2. The largest absolute Gasteiger partial charge is 0.496 e. The highest BCUT2D eigenvalue weighted by Gasteiger charge is 2.15. The van der Waals surface area contributed by atoms with Crippen LogP contribution in [0.4, 0.5) is 0 Å². The topological polar surface area (TPSA) is 65.1 Å². The van der Waals surface area contributed by atoms with Gasteiger partial charge in [-0.1, -0.05) is 11.6 Å². The molecule has 0 radical (unpaired) electrons. The number of hydrogen-bond acceptors (Lipinski definition) is 4. The van der Waals surface area contributed by atoms with Crippen LogP contribution < -0.4 is 16.0 Å². The van der Waals surface area contributed by atoms with Gasteiger partial charge in [0.1, 0.15) is 5.75 Å². The number of halogens is 1. The molecule has 102 valence electrons. The van der Waals surface area contributed by atoms with Gasteiger partial charge in [0.2, 0.25) is 0 Å². The Balaban J connectivity index is 2.25. The summed E-state index contributed by atoms with van der Waals surface area (Å²) in [4.78, 5) is 0. The monoisotopic (exact) mass is 280 g/mol. The molecule has 0 fully saturated rings. The number of nitrogens with two attached hydrogens (primary N) is 1. The summed E-state index contributed by atoms with van der Waals surface area (Å²) >= 11 is 6.03. The van der Waals surface area contributed by atoms with Crippen molar-refractivity contribution in [1.82, 2.24) is 15.2 Å². The lowest BCUT2D eigenvalue weighted by Crippen LogP contribution is -2.29. The molecule has 1 aromatic heterocycles. The van der Waals surface area contributed by atoms with E-state index in [0.29, 0.717) is 11.4 Å². The molecule has 19 heavy (non-hydrogen) atoms. The van der Waals surface area contributed by atoms with Crippen LogP contribution >= 0.6 is 11.6 Å². The Morgan fingerprint density at radius 3 is 2.89 bits per heavy atom. The van der Waals surface area contributed by atoms with Crippen molar-refractivity contribution in [3.05, 3.63) is 46.7 Å². The summed E-state index contributed by atoms with van der Waals surface area (Å²) in [5.74, 6) is 6.43. The average Bonchev–Trinajstić information content (AvgIpc) is 2.82. The Morgan fingerprint density at radius 1 is 1.53 bits per heavy atom. The van der Waals surface area contributed by atoms with Crippen LogP contribution in [0.3, 0.4) is 0 Å². The Hall–Kier alpha value is -1.56. The third kappa shape index (κ3) is 3.26. The SMILES string of the molecule is COc1ccc(Cl)cc1CC(NN)c1cnn(C)c1. The average molecular weight is 281 g/mol. The number of methoxy groups -OCH3 is 1. The third-order valence-electron chi connectivity index (χ3n) is 2.99. The Bertz CT molecular complexity index is 555. The number of hydrogen-bond donors (Lipinski definition) is 2. The molecule has 0 aliphatic rings. The first-order valence-corrected chi connectivity index (χ1v) is 6.29. The van der Waals surface area contributed by atoms with E-state index in [0.717, 1.165) is 16.9 Å². The van der Waals surface area contributed by atoms with E-state index in [2.05, 4.69) is 10.5 Å². The van der Waals surface area contributed by atoms with E-state index >= 15 is 0 Å². The third-order valence-corrected chi connectivity index (χ3v) is 3.23. The Labute approximate surface area is 117 Å². The minimum atomic E-state index is -0.0407. The standard InChI is InChI=1S/C13H17ClN4O/c1-18-8-10(7-16-18)12(17-15)6-9-5-11(14)3-4-13(9)19-2/h3-5,7-8,12,17H,6,15H2,1-2H3. The van der Waals surface area contributed by atoms with Crippen LogP contribution in [0.15, 0.2) is 30.6 Å². The Kier molecular flexibility index (Phi) is 4.42. The summed E-state index contributed by atoms with van der Waals surface area (Å²) < 4.78 is 7.08. The predicted molar refractivity (Wildman–Crippen MR) is 75.0 cm³/mol. The molecule has 0 aliphatic heterocycles. The Morgan fingerprint density at radius 2 is 2.32 bits per heavy atom. The zero-order valence-corrected chi connectivity index (χ0v) is 11.7. The van der Waals surface area contributed by atoms with E-state index in [1.807, 2.05) is 25.4 Å². The maximum absolute atomic E-state index is 6.03. The van der Waals surface area contributed by atoms with Gasteiger partial charge in [-0.25, -0.2) is 0 Å². The summed E-state index contributed by atoms with van der Waals surface area (Å²) in [5.41, 5.74) is 4.82. The van der Waals surface area contributed by atoms with Gasteiger partial charge in [-0.05, 0) is 30.2 Å². The fraction of sp³-hybridized carbons (Fsp3) is 0.308. The molecule has 1 atom stereocenters. The molecule has 0 amide bonds. The molecule has 5 nitrogen and oxygen atoms in total. The zero-order valence-electron chi connectivity index (χ0n) is 10.9. The summed E-state index contributed by atoms with van der Waals surface area (Å²) in [5, 5.41) is 4.83. The molecule has 6 heteroatoms. The van der Waals surface area contributed by atoms with Gasteiger partial charge in [0.25, 0.3) is 0 Å². The quantitative estimate of drug-likeness (QED) is 0.648. The molecule has 0 bridgehead atoms. The highest BCUT2D eigenvalue weighted by Crippen LogP contribution is 2.27. The van der Waals surface area contributed by atoms with Gasteiger partial charge in [-0.3, -0.25) is 16.0 Å². The maximum atomic E-state index is 6.03. The molecule has 0 aliphatic carbocycles. The van der Waals surface area contributed by atoms with Crippen molar-refractivity contribution in [3.63, 3.8) is 0 Å². The molecule has 0 spiro atoms. The molecule has 1 unspecified atom stereocenters. The first-order chi connectivity index (χ1) is 9.13. The van der Waals surface area contributed by atoms with Crippen LogP contribution in [0.2, 0.25) is 5.02 Å². The van der Waals surface area contributed by atoms with Crippen LogP contribution in [0.5, 0.6) is 5.75 Å². The van der Waals surface area contributed by atoms with E-state index in [1.54, 1.807) is 24.1 Å². The molecule has 0 saturated carbocycles. The van der Waals surface area contributed by atoms with Gasteiger partial charge >= 0.3 is 0 Å². The number of aryl methyl sites for hydroxylation is 1. The maximum Gasteiger partial charge on any atom is 0.122 e. The van der Waals surface area contributed by atoms with Gasteiger partial charge in [-0.15, -0.1) is 0 Å². The fourth-order valence-electron chi connectivity index (χ4n) is 2.02. The number of nitrogens with one attached hydrogen (secondary N) is 1.